The number of carbonyl (C=O) groups excluding carboxylic acids is 1. The Hall–Kier alpha value is -3.17. The Morgan fingerprint density at radius 3 is 2.36 bits per heavy atom. The fourth-order valence-corrected chi connectivity index (χ4v) is 1.61. The van der Waals surface area contributed by atoms with E-state index < -0.39 is 41.6 Å². The number of ether oxygens (including phenoxy) is 1. The quantitative estimate of drug-likeness (QED) is 0.546. The number of aliphatic carboxylic acids is 2. The highest BCUT2D eigenvalue weighted by Gasteiger charge is 2.25. The molecule has 1 rings (SSSR count). The van der Waals surface area contributed by atoms with E-state index >= 15 is 0 Å². The fraction of sp³-hybridized carbons (Fsp3) is 0.250. The molecule has 0 heterocycles. The normalized spacial score (nSPS) is 9.86. The number of benzene rings is 1. The molecule has 0 aliphatic rings. The van der Waals surface area contributed by atoms with Crippen molar-refractivity contribution in [3.63, 3.8) is 0 Å². The zero-order chi connectivity index (χ0) is 16.9. The summed E-state index contributed by atoms with van der Waals surface area (Å²) >= 11 is 0. The van der Waals surface area contributed by atoms with Crippen LogP contribution >= 0.6 is 0 Å². The molecule has 0 aliphatic carbocycles. The molecule has 0 unspecified atom stereocenters. The predicted octanol–water partition coefficient (Wildman–Crippen LogP) is 0.496. The van der Waals surface area contributed by atoms with Crippen molar-refractivity contribution in [2.24, 2.45) is 0 Å². The van der Waals surface area contributed by atoms with Gasteiger partial charge in [0.25, 0.3) is 5.69 Å². The van der Waals surface area contributed by atoms with Crippen LogP contribution in [0.4, 0.5) is 11.4 Å². The second-order valence-electron chi connectivity index (χ2n) is 4.09. The molecule has 0 saturated carbocycles. The van der Waals surface area contributed by atoms with Crippen LogP contribution in [0.1, 0.15) is 6.92 Å². The number of hydrogen-bond acceptors (Lipinski definition) is 6. The third-order valence-corrected chi connectivity index (χ3v) is 2.47. The molecule has 1 amide bonds. The molecule has 0 atom stereocenters. The molecule has 2 N–H and O–H groups in total. The van der Waals surface area contributed by atoms with Gasteiger partial charge in [0, 0.05) is 6.92 Å². The zero-order valence-corrected chi connectivity index (χ0v) is 11.4. The number of nitrogens with zero attached hydrogens (tertiary/aromatic N) is 2. The Bertz CT molecular complexity index is 628. The molecule has 0 spiro atoms. The van der Waals surface area contributed by atoms with E-state index in [1.54, 1.807) is 0 Å². The van der Waals surface area contributed by atoms with E-state index in [1.807, 2.05) is 0 Å². The number of carboxylic acids is 2. The first kappa shape index (κ1) is 16.9. The first-order chi connectivity index (χ1) is 10.2. The van der Waals surface area contributed by atoms with Gasteiger partial charge >= 0.3 is 11.9 Å². The van der Waals surface area contributed by atoms with E-state index in [0.29, 0.717) is 0 Å². The second-order valence-corrected chi connectivity index (χ2v) is 4.09. The average Bonchev–Trinajstić information content (AvgIpc) is 2.41. The van der Waals surface area contributed by atoms with Gasteiger partial charge in [0.15, 0.2) is 6.61 Å². The van der Waals surface area contributed by atoms with Gasteiger partial charge in [0.2, 0.25) is 5.91 Å². The largest absolute Gasteiger partial charge is 0.482 e. The van der Waals surface area contributed by atoms with Gasteiger partial charge in [-0.1, -0.05) is 0 Å². The Morgan fingerprint density at radius 1 is 1.27 bits per heavy atom. The van der Waals surface area contributed by atoms with E-state index in [4.69, 9.17) is 14.9 Å². The van der Waals surface area contributed by atoms with Crippen molar-refractivity contribution in [2.75, 3.05) is 18.1 Å². The number of hydrogen-bond donors (Lipinski definition) is 2. The van der Waals surface area contributed by atoms with Crippen molar-refractivity contribution in [3.8, 4) is 5.75 Å². The number of anilines is 1. The van der Waals surface area contributed by atoms with Crippen molar-refractivity contribution < 1.29 is 34.3 Å². The van der Waals surface area contributed by atoms with Gasteiger partial charge in [-0.05, 0) is 12.1 Å². The zero-order valence-electron chi connectivity index (χ0n) is 11.4. The Balaban J connectivity index is 3.22. The third-order valence-electron chi connectivity index (χ3n) is 2.47. The van der Waals surface area contributed by atoms with Crippen LogP contribution in [0.25, 0.3) is 0 Å². The average molecular weight is 312 g/mol. The van der Waals surface area contributed by atoms with Crippen LogP contribution in [0.15, 0.2) is 18.2 Å². The summed E-state index contributed by atoms with van der Waals surface area (Å²) in [5.74, 6) is -3.37. The van der Waals surface area contributed by atoms with Gasteiger partial charge in [-0.25, -0.2) is 4.79 Å². The van der Waals surface area contributed by atoms with E-state index in [0.717, 1.165) is 24.0 Å². The van der Waals surface area contributed by atoms with Crippen LogP contribution in [0.2, 0.25) is 0 Å². The Morgan fingerprint density at radius 2 is 1.91 bits per heavy atom. The Kier molecular flexibility index (Phi) is 5.38. The van der Waals surface area contributed by atoms with E-state index in [1.165, 1.54) is 6.07 Å². The third kappa shape index (κ3) is 4.44. The van der Waals surface area contributed by atoms with Gasteiger partial charge in [-0.2, -0.15) is 0 Å². The first-order valence-electron chi connectivity index (χ1n) is 5.85. The molecule has 22 heavy (non-hydrogen) atoms. The lowest BCUT2D eigenvalue weighted by Gasteiger charge is -2.19. The van der Waals surface area contributed by atoms with Crippen LogP contribution in [0, 0.1) is 10.1 Å². The molecule has 0 aromatic heterocycles. The minimum atomic E-state index is -1.34. The van der Waals surface area contributed by atoms with Gasteiger partial charge in [-0.15, -0.1) is 0 Å². The van der Waals surface area contributed by atoms with Crippen LogP contribution < -0.4 is 9.64 Å². The molecular formula is C12H12N2O8. The highest BCUT2D eigenvalue weighted by molar-refractivity contribution is 5.98. The van der Waals surface area contributed by atoms with E-state index in [2.05, 4.69) is 0 Å². The van der Waals surface area contributed by atoms with Crippen molar-refractivity contribution in [1.29, 1.82) is 0 Å². The summed E-state index contributed by atoms with van der Waals surface area (Å²) in [4.78, 5) is 43.6. The maximum Gasteiger partial charge on any atom is 0.341 e. The standard InChI is InChI=1S/C12H12N2O8/c1-7(15)13(5-11(16)17)9-3-2-8(22-6-12(18)19)4-10(9)14(20)21/h2-4H,5-6H2,1H3,(H,16,17)(H,18,19). The van der Waals surface area contributed by atoms with Gasteiger partial charge in [-0.3, -0.25) is 24.6 Å². The molecule has 10 heteroatoms. The second kappa shape index (κ2) is 7.02. The topological polar surface area (TPSA) is 147 Å². The van der Waals surface area contributed by atoms with E-state index in [-0.39, 0.29) is 11.4 Å². The molecule has 0 saturated heterocycles. The number of carboxylic acid groups (broad SMARTS) is 2. The number of amides is 1. The molecule has 118 valence electrons. The minimum absolute atomic E-state index is 0.0864. The molecule has 0 bridgehead atoms. The van der Waals surface area contributed by atoms with Gasteiger partial charge < -0.3 is 14.9 Å². The van der Waals surface area contributed by atoms with Crippen molar-refractivity contribution in [2.45, 2.75) is 6.92 Å². The fourth-order valence-electron chi connectivity index (χ4n) is 1.61. The monoisotopic (exact) mass is 312 g/mol. The number of nitro benzene ring substituents is 1. The SMILES string of the molecule is CC(=O)N(CC(=O)O)c1ccc(OCC(=O)O)cc1[N+](=O)[O-]. The maximum absolute atomic E-state index is 11.5. The molecule has 0 aliphatic heterocycles. The number of carbonyl (C=O) groups is 3. The summed E-state index contributed by atoms with van der Waals surface area (Å²) in [7, 11) is 0. The Labute approximate surface area is 123 Å². The molecule has 0 fully saturated rings. The summed E-state index contributed by atoms with van der Waals surface area (Å²) in [5, 5.41) is 28.3. The molecule has 0 radical (unpaired) electrons. The number of rotatable bonds is 7. The highest BCUT2D eigenvalue weighted by atomic mass is 16.6. The lowest BCUT2D eigenvalue weighted by molar-refractivity contribution is -0.384. The summed E-state index contributed by atoms with van der Waals surface area (Å²) in [6, 6.07) is 3.26. The molecule has 10 nitrogen and oxygen atoms in total. The van der Waals surface area contributed by atoms with E-state index in [9.17, 15) is 24.5 Å². The smallest absolute Gasteiger partial charge is 0.341 e. The first-order valence-corrected chi connectivity index (χ1v) is 5.85. The van der Waals surface area contributed by atoms with Gasteiger partial charge in [0.05, 0.1) is 11.0 Å². The van der Waals surface area contributed by atoms with Crippen LogP contribution in [-0.4, -0.2) is 46.1 Å². The van der Waals surface area contributed by atoms with Gasteiger partial charge in [0.1, 0.15) is 18.0 Å². The predicted molar refractivity (Wildman–Crippen MR) is 71.9 cm³/mol. The summed E-state index contributed by atoms with van der Waals surface area (Å²) < 4.78 is 4.81. The van der Waals surface area contributed by atoms with Crippen LogP contribution in [0.5, 0.6) is 5.75 Å². The van der Waals surface area contributed by atoms with Crippen molar-refractivity contribution in [3.05, 3.63) is 28.3 Å². The molecule has 1 aromatic carbocycles. The van der Waals surface area contributed by atoms with Crippen LogP contribution in [-0.2, 0) is 14.4 Å². The van der Waals surface area contributed by atoms with Crippen molar-refractivity contribution >= 4 is 29.2 Å². The lowest BCUT2D eigenvalue weighted by atomic mass is 10.2. The van der Waals surface area contributed by atoms with Crippen LogP contribution in [0.3, 0.4) is 0 Å². The maximum atomic E-state index is 11.5. The van der Waals surface area contributed by atoms with Crippen molar-refractivity contribution in [1.82, 2.24) is 0 Å². The summed E-state index contributed by atoms with van der Waals surface area (Å²) in [6.45, 7) is -0.366. The minimum Gasteiger partial charge on any atom is -0.482 e. The lowest BCUT2D eigenvalue weighted by Crippen LogP contribution is -2.34. The summed E-state index contributed by atoms with van der Waals surface area (Å²) in [5.41, 5.74) is -0.790. The summed E-state index contributed by atoms with van der Waals surface area (Å²) in [6.07, 6.45) is 0. The number of nitro groups is 1. The molecule has 1 aromatic rings. The highest BCUT2D eigenvalue weighted by Crippen LogP contribution is 2.32. The molecular weight excluding hydrogens is 300 g/mol.